The van der Waals surface area contributed by atoms with Crippen LogP contribution in [0.3, 0.4) is 0 Å². The fourth-order valence-electron chi connectivity index (χ4n) is 2.95. The van der Waals surface area contributed by atoms with Gasteiger partial charge < -0.3 is 5.32 Å². The van der Waals surface area contributed by atoms with E-state index in [1.165, 1.54) is 0 Å². The predicted molar refractivity (Wildman–Crippen MR) is 82.8 cm³/mol. The molecular weight excluding hydrogens is 305 g/mol. The van der Waals surface area contributed by atoms with E-state index in [1.807, 2.05) is 37.3 Å². The molecule has 1 heterocycles. The minimum absolute atomic E-state index is 0.0994. The van der Waals surface area contributed by atoms with Gasteiger partial charge in [-0.2, -0.15) is 13.2 Å². The van der Waals surface area contributed by atoms with Gasteiger partial charge in [0.2, 0.25) is 5.91 Å². The molecule has 3 nitrogen and oxygen atoms in total. The maximum Gasteiger partial charge on any atom is 0.393 e. The Bertz CT molecular complexity index is 518. The second-order valence-electron chi connectivity index (χ2n) is 6.19. The third-order valence-electron chi connectivity index (χ3n) is 4.50. The van der Waals surface area contributed by atoms with Crippen molar-refractivity contribution in [2.24, 2.45) is 5.92 Å². The zero-order valence-corrected chi connectivity index (χ0v) is 13.4. The number of likely N-dealkylation sites (tertiary alicyclic amines) is 1. The molecule has 1 N–H and O–H groups in total. The first-order valence-electron chi connectivity index (χ1n) is 7.95. The molecule has 1 aromatic rings. The summed E-state index contributed by atoms with van der Waals surface area (Å²) >= 11 is 0. The van der Waals surface area contributed by atoms with Gasteiger partial charge in [0.05, 0.1) is 18.0 Å². The minimum atomic E-state index is -4.19. The summed E-state index contributed by atoms with van der Waals surface area (Å²) in [7, 11) is 0. The summed E-state index contributed by atoms with van der Waals surface area (Å²) < 4.78 is 38.7. The second-order valence-corrected chi connectivity index (χ2v) is 6.19. The molecule has 0 saturated carbocycles. The van der Waals surface area contributed by atoms with Crippen LogP contribution in [0.4, 0.5) is 13.2 Å². The second kappa shape index (κ2) is 7.34. The highest BCUT2D eigenvalue weighted by molar-refractivity contribution is 5.81. The van der Waals surface area contributed by atoms with Crippen molar-refractivity contribution in [3.63, 3.8) is 0 Å². The number of hydrogen-bond acceptors (Lipinski definition) is 2. The van der Waals surface area contributed by atoms with Crippen molar-refractivity contribution < 1.29 is 18.0 Å². The highest BCUT2D eigenvalue weighted by Gasteiger charge is 2.43. The molecule has 0 radical (unpaired) electrons. The number of amides is 1. The molecule has 0 unspecified atom stereocenters. The molecule has 1 fully saturated rings. The average molecular weight is 328 g/mol. The van der Waals surface area contributed by atoms with Crippen molar-refractivity contribution in [2.45, 2.75) is 44.9 Å². The lowest BCUT2D eigenvalue weighted by Gasteiger charge is -2.37. The Balaban J connectivity index is 1.94. The molecule has 128 valence electrons. The molecule has 0 bridgehead atoms. The number of halogens is 3. The van der Waals surface area contributed by atoms with Crippen LogP contribution in [0.5, 0.6) is 0 Å². The van der Waals surface area contributed by atoms with Crippen LogP contribution in [-0.2, 0) is 4.79 Å². The van der Waals surface area contributed by atoms with Crippen molar-refractivity contribution in [2.75, 3.05) is 13.1 Å². The summed E-state index contributed by atoms with van der Waals surface area (Å²) in [6, 6.07) is 8.76. The molecule has 0 aromatic heterocycles. The van der Waals surface area contributed by atoms with Crippen molar-refractivity contribution in [1.82, 2.24) is 10.2 Å². The van der Waals surface area contributed by atoms with E-state index in [9.17, 15) is 18.0 Å². The molecule has 0 aliphatic carbocycles. The van der Waals surface area contributed by atoms with Gasteiger partial charge >= 0.3 is 6.18 Å². The number of nitrogens with one attached hydrogen (secondary N) is 1. The Morgan fingerprint density at radius 2 is 1.91 bits per heavy atom. The Morgan fingerprint density at radius 3 is 2.52 bits per heavy atom. The van der Waals surface area contributed by atoms with Gasteiger partial charge in [-0.25, -0.2) is 0 Å². The van der Waals surface area contributed by atoms with Gasteiger partial charge in [0.1, 0.15) is 0 Å². The van der Waals surface area contributed by atoms with Crippen LogP contribution in [0.1, 0.15) is 38.3 Å². The zero-order chi connectivity index (χ0) is 17.0. The number of piperidine rings is 1. The molecule has 1 aromatic carbocycles. The van der Waals surface area contributed by atoms with Crippen LogP contribution in [-0.4, -0.2) is 36.1 Å². The van der Waals surface area contributed by atoms with Gasteiger partial charge in [0.15, 0.2) is 0 Å². The van der Waals surface area contributed by atoms with E-state index in [-0.39, 0.29) is 24.9 Å². The maximum atomic E-state index is 12.9. The molecule has 3 atom stereocenters. The van der Waals surface area contributed by atoms with E-state index < -0.39 is 18.1 Å². The Morgan fingerprint density at radius 1 is 1.26 bits per heavy atom. The van der Waals surface area contributed by atoms with Gasteiger partial charge in [0, 0.05) is 6.54 Å². The number of alkyl halides is 3. The monoisotopic (exact) mass is 328 g/mol. The summed E-state index contributed by atoms with van der Waals surface area (Å²) in [5.41, 5.74) is 0.972. The molecular formula is C17H23F3N2O. The molecule has 1 amide bonds. The summed E-state index contributed by atoms with van der Waals surface area (Å²) in [6.07, 6.45) is -3.57. The first kappa shape index (κ1) is 17.8. The van der Waals surface area contributed by atoms with Gasteiger partial charge in [0.25, 0.3) is 0 Å². The van der Waals surface area contributed by atoms with Crippen LogP contribution >= 0.6 is 0 Å². The van der Waals surface area contributed by atoms with Crippen LogP contribution in [0.2, 0.25) is 0 Å². The molecule has 1 saturated heterocycles. The Labute approximate surface area is 134 Å². The highest BCUT2D eigenvalue weighted by atomic mass is 19.4. The van der Waals surface area contributed by atoms with Crippen molar-refractivity contribution in [3.8, 4) is 0 Å². The third kappa shape index (κ3) is 4.70. The topological polar surface area (TPSA) is 32.3 Å². The quantitative estimate of drug-likeness (QED) is 0.917. The largest absolute Gasteiger partial charge is 0.393 e. The molecule has 6 heteroatoms. The summed E-state index contributed by atoms with van der Waals surface area (Å²) in [4.78, 5) is 14.0. The Kier molecular flexibility index (Phi) is 5.68. The maximum absolute atomic E-state index is 12.9. The van der Waals surface area contributed by atoms with E-state index in [4.69, 9.17) is 0 Å². The lowest BCUT2D eigenvalue weighted by Crippen LogP contribution is -2.51. The first-order chi connectivity index (χ1) is 10.8. The van der Waals surface area contributed by atoms with Gasteiger partial charge in [-0.15, -0.1) is 0 Å². The zero-order valence-electron chi connectivity index (χ0n) is 13.4. The van der Waals surface area contributed by atoms with E-state index in [0.717, 1.165) is 5.56 Å². The minimum Gasteiger partial charge on any atom is -0.348 e. The van der Waals surface area contributed by atoms with Crippen molar-refractivity contribution in [1.29, 1.82) is 0 Å². The predicted octanol–water partition coefficient (Wildman–Crippen LogP) is 3.53. The van der Waals surface area contributed by atoms with Crippen LogP contribution < -0.4 is 5.32 Å². The standard InChI is InChI=1S/C17H23F3N2O/c1-12(14-7-4-3-5-8-14)21-16(23)13(2)22-10-6-9-15(11-22)17(18,19)20/h3-5,7-8,12-13,15H,6,9-11H2,1-2H3,(H,21,23)/t12-,13-,15-/m0/s1. The normalized spacial score (nSPS) is 22.4. The van der Waals surface area contributed by atoms with Gasteiger partial charge in [-0.3, -0.25) is 9.69 Å². The average Bonchev–Trinajstić information content (AvgIpc) is 2.54. The number of carbonyl (C=O) groups excluding carboxylic acids is 1. The summed E-state index contributed by atoms with van der Waals surface area (Å²) in [5, 5.41) is 2.88. The number of rotatable bonds is 4. The molecule has 1 aliphatic heterocycles. The highest BCUT2D eigenvalue weighted by Crippen LogP contribution is 2.33. The summed E-state index contributed by atoms with van der Waals surface area (Å²) in [5.74, 6) is -1.57. The fraction of sp³-hybridized carbons (Fsp3) is 0.588. The van der Waals surface area contributed by atoms with E-state index in [2.05, 4.69) is 5.32 Å². The molecule has 23 heavy (non-hydrogen) atoms. The van der Waals surface area contributed by atoms with Crippen LogP contribution in [0, 0.1) is 5.92 Å². The number of carbonyl (C=O) groups is 1. The molecule has 1 aliphatic rings. The van der Waals surface area contributed by atoms with E-state index >= 15 is 0 Å². The number of hydrogen-bond donors (Lipinski definition) is 1. The summed E-state index contributed by atoms with van der Waals surface area (Å²) in [6.45, 7) is 3.97. The van der Waals surface area contributed by atoms with E-state index in [0.29, 0.717) is 13.0 Å². The fourth-order valence-corrected chi connectivity index (χ4v) is 2.95. The van der Waals surface area contributed by atoms with Crippen molar-refractivity contribution in [3.05, 3.63) is 35.9 Å². The van der Waals surface area contributed by atoms with Crippen LogP contribution in [0.25, 0.3) is 0 Å². The first-order valence-corrected chi connectivity index (χ1v) is 7.95. The third-order valence-corrected chi connectivity index (χ3v) is 4.50. The van der Waals surface area contributed by atoms with E-state index in [1.54, 1.807) is 11.8 Å². The lowest BCUT2D eigenvalue weighted by molar-refractivity contribution is -0.189. The number of nitrogens with zero attached hydrogens (tertiary/aromatic N) is 1. The van der Waals surface area contributed by atoms with Crippen molar-refractivity contribution >= 4 is 5.91 Å². The number of benzene rings is 1. The molecule has 0 spiro atoms. The lowest BCUT2D eigenvalue weighted by atomic mass is 9.96. The van der Waals surface area contributed by atoms with Crippen LogP contribution in [0.15, 0.2) is 30.3 Å². The van der Waals surface area contributed by atoms with Gasteiger partial charge in [-0.05, 0) is 38.8 Å². The van der Waals surface area contributed by atoms with Gasteiger partial charge in [-0.1, -0.05) is 30.3 Å². The molecule has 2 rings (SSSR count). The smallest absolute Gasteiger partial charge is 0.348 e. The Hall–Kier alpha value is -1.56. The SMILES string of the molecule is C[C@H](NC(=O)[C@H](C)N1CCC[C@H](C(F)(F)F)C1)c1ccccc1.